The highest BCUT2D eigenvalue weighted by molar-refractivity contribution is 5.91. The van der Waals surface area contributed by atoms with Gasteiger partial charge in [0.2, 0.25) is 11.9 Å². The largest absolute Gasteiger partial charge is 0.363 e. The highest BCUT2D eigenvalue weighted by Crippen LogP contribution is 2.32. The second-order valence-electron chi connectivity index (χ2n) is 15.3. The summed E-state index contributed by atoms with van der Waals surface area (Å²) < 4.78 is 0. The molecule has 2 aliphatic rings. The summed E-state index contributed by atoms with van der Waals surface area (Å²) in [5.41, 5.74) is 6.82. The molecule has 274 valence electrons. The number of anilines is 4. The van der Waals surface area contributed by atoms with Crippen LogP contribution in [0.3, 0.4) is 0 Å². The molecule has 0 amide bonds. The van der Waals surface area contributed by atoms with Gasteiger partial charge in [0.25, 0.3) is 0 Å². The standard InChI is InChI=1S/C23H28N4.C22H26N4/c1-17-11-13-18(14-12-17)23(2,3)26-21-19-9-5-6-10-20(19)24-22(25-21)27-15-7-4-8-16-27;1-16-10-12-18(13-11-16)17(2)23-21-19-8-4-5-9-20(19)24-22(25-21)26-14-6-3-7-15-26/h5-6,9-14H,4,7-8,15-16H2,1-3H3,(H,24,25,26);4-5,8-13,17H,3,6-7,14-15H2,1-2H3,(H,23,24,25). The van der Waals surface area contributed by atoms with Crippen LogP contribution in [0.5, 0.6) is 0 Å². The zero-order valence-electron chi connectivity index (χ0n) is 32.1. The normalized spacial score (nSPS) is 15.5. The van der Waals surface area contributed by atoms with E-state index in [2.05, 4.69) is 134 Å². The van der Waals surface area contributed by atoms with E-state index >= 15 is 0 Å². The van der Waals surface area contributed by atoms with Gasteiger partial charge in [-0.25, -0.2) is 9.97 Å². The van der Waals surface area contributed by atoms with Gasteiger partial charge in [0.15, 0.2) is 0 Å². The Labute approximate surface area is 315 Å². The van der Waals surface area contributed by atoms with Gasteiger partial charge in [0.05, 0.1) is 16.6 Å². The van der Waals surface area contributed by atoms with Gasteiger partial charge in [0, 0.05) is 43.0 Å². The van der Waals surface area contributed by atoms with Gasteiger partial charge >= 0.3 is 0 Å². The van der Waals surface area contributed by atoms with Crippen LogP contribution in [0.4, 0.5) is 23.5 Å². The average Bonchev–Trinajstić information content (AvgIpc) is 3.19. The van der Waals surface area contributed by atoms with Crippen LogP contribution in [0.15, 0.2) is 97.1 Å². The summed E-state index contributed by atoms with van der Waals surface area (Å²) in [7, 11) is 0. The molecule has 53 heavy (non-hydrogen) atoms. The number of para-hydroxylation sites is 2. The van der Waals surface area contributed by atoms with Crippen LogP contribution in [-0.2, 0) is 5.54 Å². The molecule has 8 heteroatoms. The minimum Gasteiger partial charge on any atom is -0.363 e. The van der Waals surface area contributed by atoms with Crippen molar-refractivity contribution >= 4 is 45.3 Å². The lowest BCUT2D eigenvalue weighted by Gasteiger charge is -2.30. The van der Waals surface area contributed by atoms with Crippen molar-refractivity contribution in [1.29, 1.82) is 0 Å². The molecule has 4 aromatic carbocycles. The van der Waals surface area contributed by atoms with Crippen molar-refractivity contribution in [3.8, 4) is 0 Å². The fourth-order valence-electron chi connectivity index (χ4n) is 7.29. The number of benzene rings is 4. The molecule has 0 saturated carbocycles. The minimum absolute atomic E-state index is 0.183. The number of hydrogen-bond acceptors (Lipinski definition) is 8. The molecule has 6 aromatic rings. The summed E-state index contributed by atoms with van der Waals surface area (Å²) in [6, 6.07) is 34.1. The quantitative estimate of drug-likeness (QED) is 0.162. The number of nitrogens with zero attached hydrogens (tertiary/aromatic N) is 6. The fraction of sp³-hybridized carbons (Fsp3) is 0.378. The molecule has 1 unspecified atom stereocenters. The van der Waals surface area contributed by atoms with Crippen LogP contribution in [0.1, 0.15) is 87.6 Å². The number of aryl methyl sites for hydroxylation is 2. The monoisotopic (exact) mass is 706 g/mol. The number of piperidine rings is 2. The average molecular weight is 707 g/mol. The van der Waals surface area contributed by atoms with Crippen molar-refractivity contribution in [1.82, 2.24) is 19.9 Å². The highest BCUT2D eigenvalue weighted by Gasteiger charge is 2.24. The van der Waals surface area contributed by atoms with E-state index in [4.69, 9.17) is 19.9 Å². The zero-order chi connectivity index (χ0) is 36.8. The van der Waals surface area contributed by atoms with E-state index in [0.717, 1.165) is 71.5 Å². The van der Waals surface area contributed by atoms with E-state index in [1.807, 2.05) is 18.2 Å². The summed E-state index contributed by atoms with van der Waals surface area (Å²) in [4.78, 5) is 24.2. The molecular weight excluding hydrogens is 653 g/mol. The molecule has 4 heterocycles. The zero-order valence-corrected chi connectivity index (χ0v) is 32.1. The molecule has 2 fully saturated rings. The lowest BCUT2D eigenvalue weighted by molar-refractivity contribution is 0.567. The SMILES string of the molecule is Cc1ccc(C(C)(C)Nc2nc(N3CCCCC3)nc3ccccc23)cc1.Cc1ccc(C(C)Nc2nc(N3CCCCC3)nc3ccccc23)cc1. The molecule has 0 bridgehead atoms. The van der Waals surface area contributed by atoms with Crippen LogP contribution in [-0.4, -0.2) is 46.1 Å². The Bertz CT molecular complexity index is 2110. The van der Waals surface area contributed by atoms with Crippen molar-refractivity contribution in [3.63, 3.8) is 0 Å². The Kier molecular flexibility index (Phi) is 11.0. The van der Waals surface area contributed by atoms with Crippen LogP contribution in [0.25, 0.3) is 21.8 Å². The van der Waals surface area contributed by atoms with Gasteiger partial charge < -0.3 is 20.4 Å². The van der Waals surface area contributed by atoms with Crippen LogP contribution >= 0.6 is 0 Å². The Morgan fingerprint density at radius 3 is 1.53 bits per heavy atom. The first-order chi connectivity index (χ1) is 25.7. The molecule has 2 aromatic heterocycles. The lowest BCUT2D eigenvalue weighted by Crippen LogP contribution is -2.32. The molecule has 2 aliphatic heterocycles. The van der Waals surface area contributed by atoms with Crippen molar-refractivity contribution in [2.75, 3.05) is 46.6 Å². The van der Waals surface area contributed by atoms with Gasteiger partial charge in [-0.1, -0.05) is 83.9 Å². The predicted octanol–water partition coefficient (Wildman–Crippen LogP) is 10.4. The van der Waals surface area contributed by atoms with Gasteiger partial charge in [0.1, 0.15) is 11.6 Å². The van der Waals surface area contributed by atoms with Crippen LogP contribution in [0, 0.1) is 13.8 Å². The van der Waals surface area contributed by atoms with Crippen molar-refractivity contribution < 1.29 is 0 Å². The summed E-state index contributed by atoms with van der Waals surface area (Å²) in [6.45, 7) is 15.0. The van der Waals surface area contributed by atoms with Gasteiger partial charge in [-0.15, -0.1) is 0 Å². The van der Waals surface area contributed by atoms with Crippen molar-refractivity contribution in [2.24, 2.45) is 0 Å². The smallest absolute Gasteiger partial charge is 0.227 e. The second kappa shape index (κ2) is 16.2. The van der Waals surface area contributed by atoms with Crippen LogP contribution in [0.2, 0.25) is 0 Å². The maximum atomic E-state index is 4.96. The molecular formula is C45H54N8. The molecule has 1 atom stereocenters. The third kappa shape index (κ3) is 8.70. The molecule has 2 N–H and O–H groups in total. The summed E-state index contributed by atoms with van der Waals surface area (Å²) in [5.74, 6) is 3.52. The maximum Gasteiger partial charge on any atom is 0.227 e. The second-order valence-corrected chi connectivity index (χ2v) is 15.3. The third-order valence-electron chi connectivity index (χ3n) is 10.6. The lowest BCUT2D eigenvalue weighted by atomic mass is 9.93. The Morgan fingerprint density at radius 2 is 1.00 bits per heavy atom. The van der Waals surface area contributed by atoms with Gasteiger partial charge in [-0.3, -0.25) is 0 Å². The van der Waals surface area contributed by atoms with E-state index in [1.165, 1.54) is 60.8 Å². The number of hydrogen-bond donors (Lipinski definition) is 2. The molecule has 0 aliphatic carbocycles. The number of nitrogens with one attached hydrogen (secondary N) is 2. The third-order valence-corrected chi connectivity index (χ3v) is 10.6. The molecule has 2 saturated heterocycles. The van der Waals surface area contributed by atoms with E-state index in [0.29, 0.717) is 0 Å². The van der Waals surface area contributed by atoms with E-state index in [-0.39, 0.29) is 11.6 Å². The number of rotatable bonds is 8. The first kappa shape index (κ1) is 36.1. The number of fused-ring (bicyclic) bond motifs is 2. The Balaban J connectivity index is 0.000000164. The minimum atomic E-state index is -0.232. The summed E-state index contributed by atoms with van der Waals surface area (Å²) in [6.07, 6.45) is 7.48. The predicted molar refractivity (Wildman–Crippen MR) is 222 cm³/mol. The fourth-order valence-corrected chi connectivity index (χ4v) is 7.29. The van der Waals surface area contributed by atoms with E-state index < -0.39 is 0 Å². The first-order valence-electron chi connectivity index (χ1n) is 19.5. The van der Waals surface area contributed by atoms with Crippen molar-refractivity contribution in [2.45, 2.75) is 84.7 Å². The van der Waals surface area contributed by atoms with Crippen molar-refractivity contribution in [3.05, 3.63) is 119 Å². The molecule has 8 nitrogen and oxygen atoms in total. The Hall–Kier alpha value is -5.24. The highest BCUT2D eigenvalue weighted by atomic mass is 15.3. The maximum absolute atomic E-state index is 4.96. The van der Waals surface area contributed by atoms with Gasteiger partial charge in [-0.2, -0.15) is 9.97 Å². The topological polar surface area (TPSA) is 82.1 Å². The molecule has 0 radical (unpaired) electrons. The summed E-state index contributed by atoms with van der Waals surface area (Å²) >= 11 is 0. The van der Waals surface area contributed by atoms with Crippen LogP contribution < -0.4 is 20.4 Å². The van der Waals surface area contributed by atoms with E-state index in [9.17, 15) is 0 Å². The molecule has 8 rings (SSSR count). The number of aromatic nitrogens is 4. The van der Waals surface area contributed by atoms with E-state index in [1.54, 1.807) is 0 Å². The summed E-state index contributed by atoms with van der Waals surface area (Å²) in [5, 5.41) is 9.47. The molecule has 0 spiro atoms. The van der Waals surface area contributed by atoms with Gasteiger partial charge in [-0.05, 0) is 109 Å². The first-order valence-corrected chi connectivity index (χ1v) is 19.5. The Morgan fingerprint density at radius 1 is 0.547 bits per heavy atom.